The monoisotopic (exact) mass is 230 g/mol. The van der Waals surface area contributed by atoms with Gasteiger partial charge in [0.25, 0.3) is 0 Å². The second-order valence-corrected chi connectivity index (χ2v) is 4.03. The molecule has 0 fully saturated rings. The highest BCUT2D eigenvalue weighted by Crippen LogP contribution is 1.98. The standard InChI is InChI=1S/C11H26N4O/c1-5-6-7-8-15(3)11(14-12)13-10(2)9-16-4/h10H,5-9,12H2,1-4H3,(H,13,14). The molecular formula is C11H26N4O. The molecule has 0 radical (unpaired) electrons. The number of ether oxygens (including phenoxy) is 1. The van der Waals surface area contributed by atoms with Crippen molar-refractivity contribution in [1.29, 1.82) is 0 Å². The van der Waals surface area contributed by atoms with Crippen LogP contribution in [0.4, 0.5) is 0 Å². The van der Waals surface area contributed by atoms with Gasteiger partial charge in [0.2, 0.25) is 5.96 Å². The number of hydrogen-bond donors (Lipinski definition) is 2. The van der Waals surface area contributed by atoms with E-state index < -0.39 is 0 Å². The number of hydrogen-bond acceptors (Lipinski definition) is 3. The number of guanidine groups is 1. The molecule has 96 valence electrons. The number of nitrogens with zero attached hydrogens (tertiary/aromatic N) is 2. The van der Waals surface area contributed by atoms with Crippen molar-refractivity contribution in [3.8, 4) is 0 Å². The van der Waals surface area contributed by atoms with Crippen molar-refractivity contribution < 1.29 is 4.74 Å². The van der Waals surface area contributed by atoms with Gasteiger partial charge in [-0.05, 0) is 13.3 Å². The SMILES string of the molecule is CCCCCN(C)C(=NC(C)COC)NN. The maximum absolute atomic E-state index is 5.46. The van der Waals surface area contributed by atoms with Crippen molar-refractivity contribution in [3.05, 3.63) is 0 Å². The van der Waals surface area contributed by atoms with Gasteiger partial charge < -0.3 is 9.64 Å². The molecule has 5 nitrogen and oxygen atoms in total. The van der Waals surface area contributed by atoms with Crippen LogP contribution >= 0.6 is 0 Å². The third-order valence-corrected chi connectivity index (χ3v) is 2.34. The third-order valence-electron chi connectivity index (χ3n) is 2.34. The van der Waals surface area contributed by atoms with Crippen LogP contribution in [0.15, 0.2) is 4.99 Å². The van der Waals surface area contributed by atoms with Crippen molar-refractivity contribution >= 4 is 5.96 Å². The van der Waals surface area contributed by atoms with Gasteiger partial charge in [0.1, 0.15) is 0 Å². The molecule has 5 heteroatoms. The second kappa shape index (κ2) is 9.42. The molecule has 0 aromatic rings. The van der Waals surface area contributed by atoms with Crippen molar-refractivity contribution in [2.45, 2.75) is 39.2 Å². The highest BCUT2D eigenvalue weighted by atomic mass is 16.5. The van der Waals surface area contributed by atoms with E-state index in [1.165, 1.54) is 12.8 Å². The quantitative estimate of drug-likeness (QED) is 0.225. The Morgan fingerprint density at radius 3 is 2.69 bits per heavy atom. The molecule has 0 aliphatic carbocycles. The molecule has 0 bridgehead atoms. The topological polar surface area (TPSA) is 62.9 Å². The number of rotatable bonds is 7. The molecule has 0 saturated heterocycles. The number of unbranched alkanes of at least 4 members (excludes halogenated alkanes) is 2. The van der Waals surface area contributed by atoms with Gasteiger partial charge in [-0.1, -0.05) is 19.8 Å². The van der Waals surface area contributed by atoms with E-state index in [-0.39, 0.29) is 6.04 Å². The summed E-state index contributed by atoms with van der Waals surface area (Å²) < 4.78 is 5.03. The van der Waals surface area contributed by atoms with E-state index in [0.717, 1.165) is 18.9 Å². The fraction of sp³-hybridized carbons (Fsp3) is 0.909. The minimum Gasteiger partial charge on any atom is -0.382 e. The molecule has 0 spiro atoms. The van der Waals surface area contributed by atoms with Crippen LogP contribution in [0.2, 0.25) is 0 Å². The third kappa shape index (κ3) is 6.63. The summed E-state index contributed by atoms with van der Waals surface area (Å²) in [6, 6.07) is 0.115. The van der Waals surface area contributed by atoms with E-state index in [2.05, 4.69) is 17.3 Å². The highest BCUT2D eigenvalue weighted by molar-refractivity contribution is 5.79. The number of nitrogens with one attached hydrogen (secondary N) is 1. The van der Waals surface area contributed by atoms with E-state index in [1.54, 1.807) is 7.11 Å². The Labute approximate surface area is 99.0 Å². The zero-order valence-electron chi connectivity index (χ0n) is 11.0. The van der Waals surface area contributed by atoms with Gasteiger partial charge in [-0.2, -0.15) is 0 Å². The molecule has 0 aliphatic rings. The Hall–Kier alpha value is -0.810. The molecule has 0 amide bonds. The molecule has 0 rings (SSSR count). The molecule has 0 saturated carbocycles. The summed E-state index contributed by atoms with van der Waals surface area (Å²) >= 11 is 0. The lowest BCUT2D eigenvalue weighted by Gasteiger charge is -2.21. The van der Waals surface area contributed by atoms with Crippen LogP contribution in [-0.4, -0.2) is 44.2 Å². The maximum Gasteiger partial charge on any atom is 0.208 e. The molecule has 16 heavy (non-hydrogen) atoms. The zero-order chi connectivity index (χ0) is 12.4. The van der Waals surface area contributed by atoms with Crippen LogP contribution in [0.5, 0.6) is 0 Å². The Morgan fingerprint density at radius 1 is 1.50 bits per heavy atom. The van der Waals surface area contributed by atoms with Gasteiger partial charge >= 0.3 is 0 Å². The number of nitrogens with two attached hydrogens (primary N) is 1. The van der Waals surface area contributed by atoms with Crippen LogP contribution in [0.1, 0.15) is 33.1 Å². The summed E-state index contributed by atoms with van der Waals surface area (Å²) in [5.74, 6) is 6.18. The van der Waals surface area contributed by atoms with Crippen LogP contribution in [-0.2, 0) is 4.74 Å². The summed E-state index contributed by atoms with van der Waals surface area (Å²) in [6.07, 6.45) is 3.61. The summed E-state index contributed by atoms with van der Waals surface area (Å²) in [4.78, 5) is 6.49. The summed E-state index contributed by atoms with van der Waals surface area (Å²) in [7, 11) is 3.67. The fourth-order valence-electron chi connectivity index (χ4n) is 1.44. The molecule has 1 unspecified atom stereocenters. The molecular weight excluding hydrogens is 204 g/mol. The molecule has 0 heterocycles. The van der Waals surface area contributed by atoms with Gasteiger partial charge in [-0.3, -0.25) is 5.43 Å². The van der Waals surface area contributed by atoms with Gasteiger partial charge in [-0.25, -0.2) is 10.8 Å². The maximum atomic E-state index is 5.46. The Balaban J connectivity index is 4.13. The van der Waals surface area contributed by atoms with Crippen molar-refractivity contribution in [1.82, 2.24) is 10.3 Å². The molecule has 0 aromatic heterocycles. The second-order valence-electron chi connectivity index (χ2n) is 4.03. The fourth-order valence-corrected chi connectivity index (χ4v) is 1.44. The Kier molecular flexibility index (Phi) is 8.94. The van der Waals surface area contributed by atoms with Gasteiger partial charge in [-0.15, -0.1) is 0 Å². The van der Waals surface area contributed by atoms with E-state index in [1.807, 2.05) is 18.9 Å². The summed E-state index contributed by atoms with van der Waals surface area (Å²) in [6.45, 7) is 5.77. The first-order valence-corrected chi connectivity index (χ1v) is 5.90. The largest absolute Gasteiger partial charge is 0.382 e. The minimum absolute atomic E-state index is 0.115. The first-order chi connectivity index (χ1) is 7.65. The minimum atomic E-state index is 0.115. The first kappa shape index (κ1) is 15.2. The van der Waals surface area contributed by atoms with Crippen molar-refractivity contribution in [3.63, 3.8) is 0 Å². The zero-order valence-corrected chi connectivity index (χ0v) is 11.0. The molecule has 0 aliphatic heterocycles. The highest BCUT2D eigenvalue weighted by Gasteiger charge is 2.06. The molecule has 3 N–H and O–H groups in total. The molecule has 0 aromatic carbocycles. The van der Waals surface area contributed by atoms with Crippen LogP contribution < -0.4 is 11.3 Å². The Morgan fingerprint density at radius 2 is 2.19 bits per heavy atom. The number of aliphatic imine (C=N–C) groups is 1. The summed E-state index contributed by atoms with van der Waals surface area (Å²) in [5.41, 5.74) is 2.64. The lowest BCUT2D eigenvalue weighted by Crippen LogP contribution is -2.44. The van der Waals surface area contributed by atoms with E-state index in [0.29, 0.717) is 6.61 Å². The average molecular weight is 230 g/mol. The average Bonchev–Trinajstić information content (AvgIpc) is 2.26. The number of hydrazine groups is 1. The van der Waals surface area contributed by atoms with Crippen LogP contribution in [0.3, 0.4) is 0 Å². The van der Waals surface area contributed by atoms with Gasteiger partial charge in [0.05, 0.1) is 12.6 Å². The van der Waals surface area contributed by atoms with Crippen molar-refractivity contribution in [2.24, 2.45) is 10.8 Å². The lowest BCUT2D eigenvalue weighted by molar-refractivity contribution is 0.185. The molecule has 1 atom stereocenters. The predicted octanol–water partition coefficient (Wildman–Crippen LogP) is 0.963. The Bertz CT molecular complexity index is 196. The van der Waals surface area contributed by atoms with Crippen molar-refractivity contribution in [2.75, 3.05) is 27.3 Å². The first-order valence-electron chi connectivity index (χ1n) is 5.90. The lowest BCUT2D eigenvalue weighted by atomic mass is 10.2. The van der Waals surface area contributed by atoms with E-state index in [4.69, 9.17) is 10.6 Å². The predicted molar refractivity (Wildman–Crippen MR) is 68.3 cm³/mol. The van der Waals surface area contributed by atoms with Gasteiger partial charge in [0, 0.05) is 20.7 Å². The normalized spacial score (nSPS) is 13.7. The summed E-state index contributed by atoms with van der Waals surface area (Å²) in [5, 5.41) is 0. The van der Waals surface area contributed by atoms with E-state index in [9.17, 15) is 0 Å². The smallest absolute Gasteiger partial charge is 0.208 e. The van der Waals surface area contributed by atoms with Crippen LogP contribution in [0.25, 0.3) is 0 Å². The van der Waals surface area contributed by atoms with E-state index >= 15 is 0 Å². The number of methoxy groups -OCH3 is 1. The van der Waals surface area contributed by atoms with Crippen LogP contribution in [0, 0.1) is 0 Å². The van der Waals surface area contributed by atoms with Gasteiger partial charge in [0.15, 0.2) is 0 Å².